The normalized spacial score (nSPS) is 10.6. The first kappa shape index (κ1) is 15.0. The van der Waals surface area contributed by atoms with Gasteiger partial charge in [-0.3, -0.25) is 5.10 Å². The van der Waals surface area contributed by atoms with Crippen molar-refractivity contribution in [1.82, 2.24) is 20.4 Å². The Balaban J connectivity index is 1.90. The van der Waals surface area contributed by atoms with Crippen molar-refractivity contribution in [3.63, 3.8) is 0 Å². The fourth-order valence-corrected chi connectivity index (χ4v) is 2.19. The summed E-state index contributed by atoms with van der Waals surface area (Å²) in [4.78, 5) is 12.7. The molecule has 0 saturated heterocycles. The number of H-pyrrole nitrogens is 1. The largest absolute Gasteiger partial charge is 0.476 e. The van der Waals surface area contributed by atoms with Crippen LogP contribution in [0.25, 0.3) is 0 Å². The summed E-state index contributed by atoms with van der Waals surface area (Å²) < 4.78 is 0. The molecule has 0 aromatic carbocycles. The molecule has 0 saturated carbocycles. The van der Waals surface area contributed by atoms with Crippen LogP contribution in [0.3, 0.4) is 0 Å². The molecule has 0 atom stereocenters. The molecule has 2 aromatic rings. The van der Waals surface area contributed by atoms with Crippen molar-refractivity contribution in [2.24, 2.45) is 0 Å². The zero-order chi connectivity index (χ0) is 15.4. The van der Waals surface area contributed by atoms with E-state index in [2.05, 4.69) is 20.4 Å². The Bertz CT molecular complexity index is 601. The van der Waals surface area contributed by atoms with E-state index >= 15 is 0 Å². The van der Waals surface area contributed by atoms with Crippen molar-refractivity contribution in [3.05, 3.63) is 34.8 Å². The van der Waals surface area contributed by atoms with Gasteiger partial charge in [0.15, 0.2) is 11.5 Å². The van der Waals surface area contributed by atoms with Crippen LogP contribution in [0.15, 0.2) is 12.1 Å². The topological polar surface area (TPSA) is 95.0 Å². The van der Waals surface area contributed by atoms with E-state index < -0.39 is 5.97 Å². The first-order chi connectivity index (χ1) is 9.99. The van der Waals surface area contributed by atoms with Gasteiger partial charge in [-0.2, -0.15) is 5.10 Å². The number of carboxylic acids is 1. The van der Waals surface area contributed by atoms with Crippen LogP contribution in [0.1, 0.15) is 33.9 Å². The molecule has 0 bridgehead atoms. The van der Waals surface area contributed by atoms with Crippen LogP contribution >= 0.6 is 0 Å². The highest BCUT2D eigenvalue weighted by atomic mass is 16.4. The number of anilines is 1. The van der Waals surface area contributed by atoms with E-state index in [0.29, 0.717) is 5.82 Å². The first-order valence-electron chi connectivity index (χ1n) is 6.77. The van der Waals surface area contributed by atoms with Crippen LogP contribution in [0.5, 0.6) is 0 Å². The number of carboxylic acid groups (broad SMARTS) is 1. The highest BCUT2D eigenvalue weighted by Gasteiger charge is 2.09. The molecule has 0 unspecified atom stereocenters. The molecular weight excluding hydrogens is 270 g/mol. The Morgan fingerprint density at radius 2 is 2.10 bits per heavy atom. The number of rotatable bonds is 6. The lowest BCUT2D eigenvalue weighted by molar-refractivity contribution is 0.0689. The summed E-state index contributed by atoms with van der Waals surface area (Å²) in [6.07, 6.45) is 1.90. The molecule has 0 aliphatic rings. The molecule has 0 spiro atoms. The molecular formula is C14H19N5O2. The van der Waals surface area contributed by atoms with E-state index in [-0.39, 0.29) is 5.69 Å². The minimum atomic E-state index is -1.07. The average molecular weight is 289 g/mol. The summed E-state index contributed by atoms with van der Waals surface area (Å²) in [7, 11) is 1.92. The summed E-state index contributed by atoms with van der Waals surface area (Å²) in [5.41, 5.74) is 3.37. The summed E-state index contributed by atoms with van der Waals surface area (Å²) >= 11 is 0. The van der Waals surface area contributed by atoms with Gasteiger partial charge in [-0.05, 0) is 44.4 Å². The van der Waals surface area contributed by atoms with Gasteiger partial charge in [0.05, 0.1) is 5.69 Å². The van der Waals surface area contributed by atoms with Gasteiger partial charge < -0.3 is 10.0 Å². The third kappa shape index (κ3) is 3.56. The average Bonchev–Trinajstić information content (AvgIpc) is 2.79. The minimum absolute atomic E-state index is 0.0446. The molecule has 2 rings (SSSR count). The maximum absolute atomic E-state index is 10.7. The minimum Gasteiger partial charge on any atom is -0.476 e. The zero-order valence-corrected chi connectivity index (χ0v) is 12.4. The number of hydrogen-bond acceptors (Lipinski definition) is 5. The van der Waals surface area contributed by atoms with E-state index in [9.17, 15) is 4.79 Å². The summed E-state index contributed by atoms with van der Waals surface area (Å²) in [5, 5.41) is 23.6. The molecule has 112 valence electrons. The van der Waals surface area contributed by atoms with E-state index in [1.807, 2.05) is 25.8 Å². The van der Waals surface area contributed by atoms with Gasteiger partial charge in [-0.1, -0.05) is 0 Å². The number of aromatic amines is 1. The third-order valence-corrected chi connectivity index (χ3v) is 3.46. The van der Waals surface area contributed by atoms with Gasteiger partial charge in [-0.25, -0.2) is 4.79 Å². The summed E-state index contributed by atoms with van der Waals surface area (Å²) in [6, 6.07) is 3.14. The Morgan fingerprint density at radius 3 is 2.62 bits per heavy atom. The Kier molecular flexibility index (Phi) is 4.52. The maximum Gasteiger partial charge on any atom is 0.356 e. The van der Waals surface area contributed by atoms with Crippen molar-refractivity contribution >= 4 is 11.8 Å². The van der Waals surface area contributed by atoms with Crippen molar-refractivity contribution < 1.29 is 9.90 Å². The van der Waals surface area contributed by atoms with Gasteiger partial charge in [0.25, 0.3) is 0 Å². The molecule has 21 heavy (non-hydrogen) atoms. The van der Waals surface area contributed by atoms with E-state index in [1.165, 1.54) is 11.6 Å². The monoisotopic (exact) mass is 289 g/mol. The molecule has 0 amide bonds. The molecule has 0 fully saturated rings. The number of aromatic carboxylic acids is 1. The molecule has 0 radical (unpaired) electrons. The highest BCUT2D eigenvalue weighted by molar-refractivity contribution is 5.85. The Morgan fingerprint density at radius 1 is 1.33 bits per heavy atom. The van der Waals surface area contributed by atoms with Crippen molar-refractivity contribution in [3.8, 4) is 0 Å². The van der Waals surface area contributed by atoms with Gasteiger partial charge in [0.2, 0.25) is 0 Å². The van der Waals surface area contributed by atoms with E-state index in [4.69, 9.17) is 5.11 Å². The molecule has 2 N–H and O–H groups in total. The van der Waals surface area contributed by atoms with Gasteiger partial charge in [0, 0.05) is 19.3 Å². The van der Waals surface area contributed by atoms with Gasteiger partial charge >= 0.3 is 5.97 Å². The highest BCUT2D eigenvalue weighted by Crippen LogP contribution is 2.13. The fraction of sp³-hybridized carbons (Fsp3) is 0.429. The Hall–Kier alpha value is -2.44. The van der Waals surface area contributed by atoms with Crippen LogP contribution in [0.4, 0.5) is 5.82 Å². The SMILES string of the molecule is Cc1n[nH]c(C)c1CCCN(C)c1ccc(C(=O)O)nn1. The molecule has 0 aliphatic heterocycles. The summed E-state index contributed by atoms with van der Waals surface area (Å²) in [6.45, 7) is 4.83. The first-order valence-corrected chi connectivity index (χ1v) is 6.77. The number of aromatic nitrogens is 4. The fourth-order valence-electron chi connectivity index (χ4n) is 2.19. The molecule has 0 aliphatic carbocycles. The van der Waals surface area contributed by atoms with Crippen LogP contribution < -0.4 is 4.90 Å². The molecule has 2 aromatic heterocycles. The van der Waals surface area contributed by atoms with E-state index in [1.54, 1.807) is 6.07 Å². The number of carbonyl (C=O) groups is 1. The predicted octanol–water partition coefficient (Wildman–Crippen LogP) is 1.58. The number of aryl methyl sites for hydroxylation is 2. The molecule has 2 heterocycles. The number of nitrogens with zero attached hydrogens (tertiary/aromatic N) is 4. The zero-order valence-electron chi connectivity index (χ0n) is 12.4. The second kappa shape index (κ2) is 6.34. The van der Waals surface area contributed by atoms with Crippen molar-refractivity contribution in [2.45, 2.75) is 26.7 Å². The van der Waals surface area contributed by atoms with Crippen molar-refractivity contribution in [1.29, 1.82) is 0 Å². The van der Waals surface area contributed by atoms with Crippen LogP contribution in [-0.2, 0) is 6.42 Å². The number of nitrogens with one attached hydrogen (secondary N) is 1. The van der Waals surface area contributed by atoms with Crippen molar-refractivity contribution in [2.75, 3.05) is 18.5 Å². The lowest BCUT2D eigenvalue weighted by Crippen LogP contribution is -2.21. The van der Waals surface area contributed by atoms with Crippen LogP contribution in [0.2, 0.25) is 0 Å². The number of hydrogen-bond donors (Lipinski definition) is 2. The third-order valence-electron chi connectivity index (χ3n) is 3.46. The van der Waals surface area contributed by atoms with E-state index in [0.717, 1.165) is 30.8 Å². The van der Waals surface area contributed by atoms with Crippen LogP contribution in [0, 0.1) is 13.8 Å². The van der Waals surface area contributed by atoms with Gasteiger partial charge in [0.1, 0.15) is 0 Å². The molecule has 7 nitrogen and oxygen atoms in total. The predicted molar refractivity (Wildman–Crippen MR) is 78.6 cm³/mol. The second-order valence-corrected chi connectivity index (χ2v) is 5.02. The van der Waals surface area contributed by atoms with Gasteiger partial charge in [-0.15, -0.1) is 10.2 Å². The lowest BCUT2D eigenvalue weighted by Gasteiger charge is -2.17. The standard InChI is InChI=1S/C14H19N5O2/c1-9-11(10(2)16-15-9)5-4-8-19(3)13-7-6-12(14(20)21)17-18-13/h6-7H,4-5,8H2,1-3H3,(H,15,16)(H,20,21). The quantitative estimate of drug-likeness (QED) is 0.838. The lowest BCUT2D eigenvalue weighted by atomic mass is 10.1. The summed E-state index contributed by atoms with van der Waals surface area (Å²) in [5.74, 6) is -0.400. The maximum atomic E-state index is 10.7. The van der Waals surface area contributed by atoms with Crippen LogP contribution in [-0.4, -0.2) is 45.1 Å². The molecule has 7 heteroatoms. The smallest absolute Gasteiger partial charge is 0.356 e. The Labute approximate surface area is 123 Å². The second-order valence-electron chi connectivity index (χ2n) is 5.02.